The number of fused-ring (bicyclic) bond motifs is 2. The van der Waals surface area contributed by atoms with Gasteiger partial charge in [-0.25, -0.2) is 4.79 Å². The van der Waals surface area contributed by atoms with E-state index in [0.717, 1.165) is 25.0 Å². The van der Waals surface area contributed by atoms with E-state index in [1.807, 2.05) is 31.7 Å². The van der Waals surface area contributed by atoms with Crippen LogP contribution in [0.3, 0.4) is 0 Å². The maximum atomic E-state index is 12.7. The van der Waals surface area contributed by atoms with Gasteiger partial charge in [-0.1, -0.05) is 18.2 Å². The zero-order valence-electron chi connectivity index (χ0n) is 14.5. The highest BCUT2D eigenvalue weighted by atomic mass is 16.6. The van der Waals surface area contributed by atoms with Crippen molar-refractivity contribution in [3.05, 3.63) is 36.0 Å². The summed E-state index contributed by atoms with van der Waals surface area (Å²) in [5, 5.41) is 4.86. The van der Waals surface area contributed by atoms with Crippen molar-refractivity contribution in [3.8, 4) is 0 Å². The Morgan fingerprint density at radius 3 is 2.88 bits per heavy atom. The molecule has 24 heavy (non-hydrogen) atoms. The molecule has 1 aromatic carbocycles. The molecule has 1 aromatic heterocycles. The van der Waals surface area contributed by atoms with Crippen LogP contribution >= 0.6 is 0 Å². The van der Waals surface area contributed by atoms with Crippen molar-refractivity contribution in [1.82, 2.24) is 15.2 Å². The van der Waals surface area contributed by atoms with E-state index in [9.17, 15) is 4.79 Å². The summed E-state index contributed by atoms with van der Waals surface area (Å²) in [6.07, 6.45) is 2.90. The van der Waals surface area contributed by atoms with Crippen LogP contribution in [0.2, 0.25) is 0 Å². The first kappa shape index (κ1) is 15.5. The molecule has 2 N–H and O–H groups in total. The third-order valence-electron chi connectivity index (χ3n) is 5.11. The number of para-hydroxylation sites is 1. The highest BCUT2D eigenvalue weighted by Gasteiger charge is 2.48. The largest absolute Gasteiger partial charge is 0.444 e. The Morgan fingerprint density at radius 1 is 1.29 bits per heavy atom. The van der Waals surface area contributed by atoms with Crippen LogP contribution in [0.1, 0.15) is 38.7 Å². The van der Waals surface area contributed by atoms with E-state index in [0.29, 0.717) is 12.0 Å². The minimum atomic E-state index is -0.461. The Labute approximate surface area is 142 Å². The van der Waals surface area contributed by atoms with Crippen LogP contribution in [0, 0.1) is 0 Å². The van der Waals surface area contributed by atoms with Gasteiger partial charge in [0.1, 0.15) is 5.60 Å². The number of carbonyl (C=O) groups is 1. The van der Waals surface area contributed by atoms with Gasteiger partial charge in [-0.2, -0.15) is 0 Å². The summed E-state index contributed by atoms with van der Waals surface area (Å²) in [6.45, 7) is 7.42. The van der Waals surface area contributed by atoms with E-state index in [1.165, 1.54) is 10.9 Å². The first-order valence-electron chi connectivity index (χ1n) is 8.73. The lowest BCUT2D eigenvalue weighted by molar-refractivity contribution is 0.0215. The van der Waals surface area contributed by atoms with Gasteiger partial charge in [0, 0.05) is 42.1 Å². The fraction of sp³-hybridized carbons (Fsp3) is 0.526. The summed E-state index contributed by atoms with van der Waals surface area (Å²) in [4.78, 5) is 17.9. The van der Waals surface area contributed by atoms with Crippen LogP contribution in [0.4, 0.5) is 4.79 Å². The number of nitrogens with one attached hydrogen (secondary N) is 2. The molecule has 0 spiro atoms. The molecule has 5 heteroatoms. The third kappa shape index (κ3) is 2.57. The normalized spacial score (nSPS) is 26.8. The Kier molecular flexibility index (Phi) is 3.57. The summed E-state index contributed by atoms with van der Waals surface area (Å²) in [5.74, 6) is 0.293. The number of carbonyl (C=O) groups excluding carboxylic acids is 1. The fourth-order valence-electron chi connectivity index (χ4n) is 4.16. The average Bonchev–Trinajstić information content (AvgIpc) is 3.18. The average molecular weight is 327 g/mol. The second kappa shape index (κ2) is 5.52. The second-order valence-corrected chi connectivity index (χ2v) is 7.86. The molecular formula is C19H25N3O2. The smallest absolute Gasteiger partial charge is 0.410 e. The number of aromatic nitrogens is 1. The number of nitrogens with zero attached hydrogens (tertiary/aromatic N) is 1. The molecule has 0 bridgehead atoms. The number of H-pyrrole nitrogens is 1. The van der Waals surface area contributed by atoms with E-state index in [2.05, 4.69) is 34.7 Å². The minimum Gasteiger partial charge on any atom is -0.444 e. The van der Waals surface area contributed by atoms with Crippen molar-refractivity contribution in [1.29, 1.82) is 0 Å². The predicted molar refractivity (Wildman–Crippen MR) is 94.2 cm³/mol. The van der Waals surface area contributed by atoms with Gasteiger partial charge >= 0.3 is 6.09 Å². The summed E-state index contributed by atoms with van der Waals surface area (Å²) in [7, 11) is 0. The molecule has 0 radical (unpaired) electrons. The van der Waals surface area contributed by atoms with Crippen molar-refractivity contribution in [2.45, 2.75) is 50.8 Å². The van der Waals surface area contributed by atoms with Gasteiger partial charge in [-0.15, -0.1) is 0 Å². The van der Waals surface area contributed by atoms with Crippen LogP contribution in [-0.2, 0) is 4.74 Å². The number of rotatable bonds is 1. The molecule has 128 valence electrons. The van der Waals surface area contributed by atoms with Crippen molar-refractivity contribution in [3.63, 3.8) is 0 Å². The number of aromatic amines is 1. The highest BCUT2D eigenvalue weighted by molar-refractivity contribution is 5.84. The van der Waals surface area contributed by atoms with Gasteiger partial charge in [0.2, 0.25) is 0 Å². The molecule has 2 fully saturated rings. The minimum absolute atomic E-state index is 0.166. The van der Waals surface area contributed by atoms with E-state index >= 15 is 0 Å². The Morgan fingerprint density at radius 2 is 2.08 bits per heavy atom. The first-order valence-corrected chi connectivity index (χ1v) is 8.73. The van der Waals surface area contributed by atoms with E-state index in [-0.39, 0.29) is 12.1 Å². The molecular weight excluding hydrogens is 302 g/mol. The molecule has 4 rings (SSSR count). The highest BCUT2D eigenvalue weighted by Crippen LogP contribution is 2.39. The van der Waals surface area contributed by atoms with Gasteiger partial charge in [0.25, 0.3) is 0 Å². The SMILES string of the molecule is CC(C)(C)OC(=O)N1CCC2NCC(c3c[nH]c4ccccc34)C21. The van der Waals surface area contributed by atoms with Crippen molar-refractivity contribution >= 4 is 17.0 Å². The zero-order chi connectivity index (χ0) is 16.9. The predicted octanol–water partition coefficient (Wildman–Crippen LogP) is 3.23. The van der Waals surface area contributed by atoms with E-state index in [4.69, 9.17) is 4.74 Å². The van der Waals surface area contributed by atoms with Crippen molar-refractivity contribution in [2.24, 2.45) is 0 Å². The molecule has 3 unspecified atom stereocenters. The van der Waals surface area contributed by atoms with Gasteiger partial charge in [0.15, 0.2) is 0 Å². The number of hydrogen-bond donors (Lipinski definition) is 2. The second-order valence-electron chi connectivity index (χ2n) is 7.86. The molecule has 0 aliphatic carbocycles. The standard InChI is InChI=1S/C19H25N3O2/c1-19(2,3)24-18(23)22-9-8-16-17(22)14(11-21-16)13-10-20-15-7-5-4-6-12(13)15/h4-7,10,14,16-17,20-21H,8-9,11H2,1-3H3. The Hall–Kier alpha value is -2.01. The molecule has 1 amide bonds. The number of ether oxygens (including phenoxy) is 1. The van der Waals surface area contributed by atoms with Crippen LogP contribution in [-0.4, -0.2) is 46.8 Å². The van der Waals surface area contributed by atoms with Crippen LogP contribution in [0.5, 0.6) is 0 Å². The van der Waals surface area contributed by atoms with E-state index in [1.54, 1.807) is 0 Å². The summed E-state index contributed by atoms with van der Waals surface area (Å²) < 4.78 is 5.63. The maximum Gasteiger partial charge on any atom is 0.410 e. The molecule has 3 heterocycles. The maximum absolute atomic E-state index is 12.7. The zero-order valence-corrected chi connectivity index (χ0v) is 14.5. The lowest BCUT2D eigenvalue weighted by Gasteiger charge is -2.31. The molecule has 5 nitrogen and oxygen atoms in total. The molecule has 3 atom stereocenters. The number of hydrogen-bond acceptors (Lipinski definition) is 3. The molecule has 2 aromatic rings. The molecule has 2 aliphatic heterocycles. The molecule has 2 saturated heterocycles. The summed E-state index contributed by atoms with van der Waals surface area (Å²) in [6, 6.07) is 8.89. The Bertz CT molecular complexity index is 761. The lowest BCUT2D eigenvalue weighted by Crippen LogP contribution is -2.44. The molecule has 2 aliphatic rings. The summed E-state index contributed by atoms with van der Waals surface area (Å²) in [5.41, 5.74) is 1.98. The lowest BCUT2D eigenvalue weighted by atomic mass is 9.91. The number of benzene rings is 1. The van der Waals surface area contributed by atoms with Crippen LogP contribution < -0.4 is 5.32 Å². The van der Waals surface area contributed by atoms with Crippen molar-refractivity contribution in [2.75, 3.05) is 13.1 Å². The monoisotopic (exact) mass is 327 g/mol. The molecule has 0 saturated carbocycles. The van der Waals surface area contributed by atoms with Gasteiger partial charge < -0.3 is 19.9 Å². The van der Waals surface area contributed by atoms with Crippen LogP contribution in [0.25, 0.3) is 10.9 Å². The fourth-order valence-corrected chi connectivity index (χ4v) is 4.16. The van der Waals surface area contributed by atoms with Gasteiger partial charge in [0.05, 0.1) is 6.04 Å². The van der Waals surface area contributed by atoms with E-state index < -0.39 is 5.60 Å². The third-order valence-corrected chi connectivity index (χ3v) is 5.11. The summed E-state index contributed by atoms with van der Waals surface area (Å²) >= 11 is 0. The topological polar surface area (TPSA) is 57.4 Å². The van der Waals surface area contributed by atoms with Crippen LogP contribution in [0.15, 0.2) is 30.5 Å². The van der Waals surface area contributed by atoms with Gasteiger partial charge in [-0.3, -0.25) is 0 Å². The Balaban J connectivity index is 1.64. The number of amides is 1. The van der Waals surface area contributed by atoms with Crippen molar-refractivity contribution < 1.29 is 9.53 Å². The first-order chi connectivity index (χ1) is 11.4. The van der Waals surface area contributed by atoms with Gasteiger partial charge in [-0.05, 0) is 38.8 Å². The number of likely N-dealkylation sites (tertiary alicyclic amines) is 1. The quantitative estimate of drug-likeness (QED) is 0.845.